The van der Waals surface area contributed by atoms with E-state index in [1.54, 1.807) is 25.3 Å². The van der Waals surface area contributed by atoms with Crippen LogP contribution in [0.2, 0.25) is 0 Å². The van der Waals surface area contributed by atoms with Gasteiger partial charge in [-0.05, 0) is 42.2 Å². The monoisotopic (exact) mass is 431 g/mol. The topological polar surface area (TPSA) is 110 Å². The Balaban J connectivity index is 1.85. The van der Waals surface area contributed by atoms with Crippen LogP contribution in [-0.2, 0) is 0 Å². The van der Waals surface area contributed by atoms with Gasteiger partial charge in [0, 0.05) is 5.39 Å². The first-order chi connectivity index (χ1) is 15.4. The third-order valence-corrected chi connectivity index (χ3v) is 5.56. The minimum absolute atomic E-state index is 0.0167. The van der Waals surface area contributed by atoms with E-state index in [-0.39, 0.29) is 17.0 Å². The molecule has 2 aromatic carbocycles. The molecule has 1 atom stereocenters. The number of H-pyrrole nitrogens is 1. The Bertz CT molecular complexity index is 1300. The van der Waals surface area contributed by atoms with Crippen molar-refractivity contribution in [1.82, 2.24) is 4.98 Å². The first kappa shape index (κ1) is 21.3. The van der Waals surface area contributed by atoms with Crippen molar-refractivity contribution in [3.8, 4) is 23.3 Å². The lowest BCUT2D eigenvalue weighted by molar-refractivity contribution is 0.273. The van der Waals surface area contributed by atoms with Crippen molar-refractivity contribution in [1.29, 1.82) is 5.26 Å². The number of allylic oxidation sites excluding steroid dienone is 1. The Kier molecular flexibility index (Phi) is 5.78. The zero-order valence-electron chi connectivity index (χ0n) is 18.3. The van der Waals surface area contributed by atoms with Crippen LogP contribution in [0.15, 0.2) is 58.7 Å². The molecule has 7 heteroatoms. The number of pyridine rings is 1. The van der Waals surface area contributed by atoms with E-state index < -0.39 is 5.92 Å². The number of ether oxygens (including phenoxy) is 3. The van der Waals surface area contributed by atoms with E-state index in [0.29, 0.717) is 51.8 Å². The lowest BCUT2D eigenvalue weighted by Gasteiger charge is -2.27. The van der Waals surface area contributed by atoms with Crippen LogP contribution in [0, 0.1) is 17.2 Å². The quantitative estimate of drug-likeness (QED) is 0.606. The van der Waals surface area contributed by atoms with Crippen molar-refractivity contribution in [2.24, 2.45) is 11.7 Å². The highest BCUT2D eigenvalue weighted by Crippen LogP contribution is 2.44. The summed E-state index contributed by atoms with van der Waals surface area (Å²) in [5.41, 5.74) is 7.63. The summed E-state index contributed by atoms with van der Waals surface area (Å²) in [4.78, 5) is 16.0. The second-order valence-corrected chi connectivity index (χ2v) is 8.11. The number of fused-ring (bicyclic) bond motifs is 3. The van der Waals surface area contributed by atoms with Crippen molar-refractivity contribution in [3.05, 3.63) is 75.4 Å². The number of para-hydroxylation sites is 1. The molecule has 7 nitrogen and oxygen atoms in total. The molecule has 0 saturated carbocycles. The van der Waals surface area contributed by atoms with Crippen LogP contribution in [0.1, 0.15) is 37.3 Å². The van der Waals surface area contributed by atoms with Crippen LogP contribution >= 0.6 is 0 Å². The fourth-order valence-corrected chi connectivity index (χ4v) is 3.89. The number of aromatic amines is 1. The predicted molar refractivity (Wildman–Crippen MR) is 122 cm³/mol. The number of hydrogen-bond acceptors (Lipinski definition) is 6. The Morgan fingerprint density at radius 2 is 2.00 bits per heavy atom. The average Bonchev–Trinajstić information content (AvgIpc) is 2.78. The summed E-state index contributed by atoms with van der Waals surface area (Å²) >= 11 is 0. The van der Waals surface area contributed by atoms with Gasteiger partial charge in [-0.1, -0.05) is 32.0 Å². The number of benzene rings is 2. The SMILES string of the molecule is COc1cc(C2C(C#N)=C(N)Oc3c2c(=O)[nH]c2ccccc32)ccc1OCCC(C)C. The minimum atomic E-state index is -0.698. The first-order valence-electron chi connectivity index (χ1n) is 10.5. The molecule has 1 aromatic heterocycles. The molecule has 3 N–H and O–H groups in total. The van der Waals surface area contributed by atoms with E-state index in [2.05, 4.69) is 24.9 Å². The molecule has 0 radical (unpaired) electrons. The number of aromatic nitrogens is 1. The van der Waals surface area contributed by atoms with E-state index in [4.69, 9.17) is 19.9 Å². The molecule has 1 aliphatic heterocycles. The zero-order valence-corrected chi connectivity index (χ0v) is 18.3. The van der Waals surface area contributed by atoms with Crippen LogP contribution in [0.4, 0.5) is 0 Å². The smallest absolute Gasteiger partial charge is 0.256 e. The lowest BCUT2D eigenvalue weighted by Crippen LogP contribution is -2.27. The van der Waals surface area contributed by atoms with E-state index in [0.717, 1.165) is 6.42 Å². The van der Waals surface area contributed by atoms with Crippen molar-refractivity contribution in [2.75, 3.05) is 13.7 Å². The van der Waals surface area contributed by atoms with Gasteiger partial charge in [0.2, 0.25) is 5.88 Å². The maximum Gasteiger partial charge on any atom is 0.256 e. The highest BCUT2D eigenvalue weighted by molar-refractivity contribution is 5.87. The van der Waals surface area contributed by atoms with E-state index in [1.165, 1.54) is 0 Å². The van der Waals surface area contributed by atoms with Crippen LogP contribution in [0.5, 0.6) is 17.2 Å². The minimum Gasteiger partial charge on any atom is -0.493 e. The van der Waals surface area contributed by atoms with Crippen molar-refractivity contribution in [3.63, 3.8) is 0 Å². The molecule has 2 heterocycles. The molecule has 0 saturated heterocycles. The molecule has 0 spiro atoms. The summed E-state index contributed by atoms with van der Waals surface area (Å²) in [5, 5.41) is 10.6. The predicted octanol–water partition coefficient (Wildman–Crippen LogP) is 4.18. The summed E-state index contributed by atoms with van der Waals surface area (Å²) < 4.78 is 17.2. The van der Waals surface area contributed by atoms with Gasteiger partial charge in [-0.25, -0.2) is 0 Å². The summed E-state index contributed by atoms with van der Waals surface area (Å²) in [6, 6.07) is 14.8. The fourth-order valence-electron chi connectivity index (χ4n) is 3.89. The number of rotatable bonds is 6. The van der Waals surface area contributed by atoms with Gasteiger partial charge in [0.15, 0.2) is 11.5 Å². The third-order valence-electron chi connectivity index (χ3n) is 5.56. The summed E-state index contributed by atoms with van der Waals surface area (Å²) in [6.45, 7) is 4.83. The van der Waals surface area contributed by atoms with Gasteiger partial charge in [-0.3, -0.25) is 4.79 Å². The molecular formula is C25H25N3O4. The molecule has 32 heavy (non-hydrogen) atoms. The number of hydrogen-bond donors (Lipinski definition) is 2. The Hall–Kier alpha value is -3.92. The summed E-state index contributed by atoms with van der Waals surface area (Å²) in [5.74, 6) is 1.29. The van der Waals surface area contributed by atoms with Crippen molar-refractivity contribution >= 4 is 10.9 Å². The number of nitrogens with zero attached hydrogens (tertiary/aromatic N) is 1. The highest BCUT2D eigenvalue weighted by Gasteiger charge is 2.35. The van der Waals surface area contributed by atoms with Gasteiger partial charge in [-0.15, -0.1) is 0 Å². The van der Waals surface area contributed by atoms with Crippen LogP contribution in [-0.4, -0.2) is 18.7 Å². The van der Waals surface area contributed by atoms with Gasteiger partial charge in [0.25, 0.3) is 5.56 Å². The average molecular weight is 431 g/mol. The van der Waals surface area contributed by atoms with Gasteiger partial charge in [-0.2, -0.15) is 5.26 Å². The molecule has 0 fully saturated rings. The van der Waals surface area contributed by atoms with Gasteiger partial charge >= 0.3 is 0 Å². The molecule has 3 aromatic rings. The summed E-state index contributed by atoms with van der Waals surface area (Å²) in [6.07, 6.45) is 0.915. The van der Waals surface area contributed by atoms with Crippen molar-refractivity contribution < 1.29 is 14.2 Å². The van der Waals surface area contributed by atoms with Crippen LogP contribution in [0.3, 0.4) is 0 Å². The van der Waals surface area contributed by atoms with Gasteiger partial charge < -0.3 is 24.9 Å². The third kappa shape index (κ3) is 3.76. The summed E-state index contributed by atoms with van der Waals surface area (Å²) in [7, 11) is 1.56. The maximum atomic E-state index is 13.1. The Labute approximate surface area is 186 Å². The molecule has 1 aliphatic rings. The maximum absolute atomic E-state index is 13.1. The van der Waals surface area contributed by atoms with Gasteiger partial charge in [0.1, 0.15) is 17.4 Å². The molecule has 0 bridgehead atoms. The molecule has 0 amide bonds. The Morgan fingerprint density at radius 3 is 2.72 bits per heavy atom. The molecular weight excluding hydrogens is 406 g/mol. The molecule has 4 rings (SSSR count). The normalized spacial score (nSPS) is 15.3. The first-order valence-corrected chi connectivity index (χ1v) is 10.5. The number of nitrogens with two attached hydrogens (primary N) is 1. The van der Waals surface area contributed by atoms with Crippen molar-refractivity contribution in [2.45, 2.75) is 26.2 Å². The lowest BCUT2D eigenvalue weighted by atomic mass is 9.83. The molecule has 0 aliphatic carbocycles. The second-order valence-electron chi connectivity index (χ2n) is 8.11. The number of nitrogens with one attached hydrogen (secondary N) is 1. The largest absolute Gasteiger partial charge is 0.493 e. The van der Waals surface area contributed by atoms with Gasteiger partial charge in [0.05, 0.1) is 30.7 Å². The molecule has 164 valence electrons. The Morgan fingerprint density at radius 1 is 1.22 bits per heavy atom. The van der Waals surface area contributed by atoms with Crippen LogP contribution < -0.4 is 25.5 Å². The second kappa shape index (κ2) is 8.67. The molecule has 1 unspecified atom stereocenters. The number of nitriles is 1. The zero-order chi connectivity index (χ0) is 22.8. The fraction of sp³-hybridized carbons (Fsp3) is 0.280. The standard InChI is InChI=1S/C25H25N3O4/c1-14(2)10-11-31-19-9-8-15(12-20(19)30-3)21-17(13-26)24(27)32-23-16-6-4-5-7-18(16)28-25(29)22(21)23/h4-9,12,14,21H,10-11,27H2,1-3H3,(H,28,29). The number of methoxy groups -OCH3 is 1. The van der Waals surface area contributed by atoms with E-state index in [1.807, 2.05) is 24.3 Å². The van der Waals surface area contributed by atoms with E-state index >= 15 is 0 Å². The van der Waals surface area contributed by atoms with Crippen LogP contribution in [0.25, 0.3) is 10.9 Å². The van der Waals surface area contributed by atoms with E-state index in [9.17, 15) is 10.1 Å². The highest BCUT2D eigenvalue weighted by atomic mass is 16.5.